The van der Waals surface area contributed by atoms with Crippen molar-refractivity contribution in [3.8, 4) is 16.9 Å². The number of hydrogen-bond donors (Lipinski definition) is 2. The molecule has 3 aromatic carbocycles. The lowest BCUT2D eigenvalue weighted by Crippen LogP contribution is -2.27. The summed E-state index contributed by atoms with van der Waals surface area (Å²) in [6, 6.07) is 22.5. The third-order valence-corrected chi connectivity index (χ3v) is 4.16. The quantitative estimate of drug-likeness (QED) is 0.368. The van der Waals surface area contributed by atoms with Crippen molar-refractivity contribution in [2.75, 3.05) is 0 Å². The molecule has 0 bridgehead atoms. The molecule has 3 aromatic rings. The summed E-state index contributed by atoms with van der Waals surface area (Å²) in [7, 11) is 0. The molecule has 0 unspecified atom stereocenters. The SMILES string of the molecule is CC(=O)Oc1ccccc1-c1cccc(C=C(NC(=O)c2ccccc2)C(=O)O)c1. The van der Waals surface area contributed by atoms with E-state index in [1.807, 2.05) is 12.1 Å². The van der Waals surface area contributed by atoms with Gasteiger partial charge in [-0.15, -0.1) is 0 Å². The van der Waals surface area contributed by atoms with E-state index in [9.17, 15) is 19.5 Å². The highest BCUT2D eigenvalue weighted by Gasteiger charge is 2.14. The molecule has 150 valence electrons. The second-order valence-corrected chi connectivity index (χ2v) is 6.40. The van der Waals surface area contributed by atoms with Gasteiger partial charge in [-0.1, -0.05) is 54.6 Å². The molecule has 0 aliphatic heterocycles. The number of rotatable bonds is 6. The van der Waals surface area contributed by atoms with Gasteiger partial charge in [0, 0.05) is 18.1 Å². The van der Waals surface area contributed by atoms with Crippen LogP contribution < -0.4 is 10.1 Å². The lowest BCUT2D eigenvalue weighted by atomic mass is 10.0. The molecule has 6 heteroatoms. The Morgan fingerprint density at radius 1 is 0.900 bits per heavy atom. The second kappa shape index (κ2) is 9.34. The highest BCUT2D eigenvalue weighted by Crippen LogP contribution is 2.30. The molecule has 0 heterocycles. The number of hydrogen-bond acceptors (Lipinski definition) is 4. The van der Waals surface area contributed by atoms with Crippen molar-refractivity contribution in [1.29, 1.82) is 0 Å². The topological polar surface area (TPSA) is 92.7 Å². The van der Waals surface area contributed by atoms with Crippen LogP contribution in [0.4, 0.5) is 0 Å². The summed E-state index contributed by atoms with van der Waals surface area (Å²) in [5.41, 5.74) is 2.09. The zero-order chi connectivity index (χ0) is 21.5. The highest BCUT2D eigenvalue weighted by atomic mass is 16.5. The van der Waals surface area contributed by atoms with E-state index < -0.39 is 17.8 Å². The van der Waals surface area contributed by atoms with Gasteiger partial charge in [0.25, 0.3) is 5.91 Å². The first-order valence-corrected chi connectivity index (χ1v) is 9.13. The van der Waals surface area contributed by atoms with Gasteiger partial charge >= 0.3 is 11.9 Å². The number of aliphatic carboxylic acids is 1. The van der Waals surface area contributed by atoms with Crippen molar-refractivity contribution in [3.05, 3.63) is 95.7 Å². The van der Waals surface area contributed by atoms with Crippen LogP contribution >= 0.6 is 0 Å². The molecule has 0 saturated heterocycles. The van der Waals surface area contributed by atoms with Gasteiger partial charge < -0.3 is 15.2 Å². The summed E-state index contributed by atoms with van der Waals surface area (Å²) >= 11 is 0. The Hall–Kier alpha value is -4.19. The van der Waals surface area contributed by atoms with E-state index in [2.05, 4.69) is 5.32 Å². The Kier molecular flexibility index (Phi) is 6.39. The zero-order valence-corrected chi connectivity index (χ0v) is 16.2. The normalized spacial score (nSPS) is 10.9. The van der Waals surface area contributed by atoms with Crippen molar-refractivity contribution in [2.24, 2.45) is 0 Å². The number of carbonyl (C=O) groups is 3. The molecule has 3 rings (SSSR count). The van der Waals surface area contributed by atoms with Crippen molar-refractivity contribution in [1.82, 2.24) is 5.32 Å². The van der Waals surface area contributed by atoms with Gasteiger partial charge in [-0.3, -0.25) is 9.59 Å². The van der Waals surface area contributed by atoms with E-state index in [0.29, 0.717) is 22.4 Å². The van der Waals surface area contributed by atoms with Gasteiger partial charge in [-0.25, -0.2) is 4.79 Å². The fraction of sp³-hybridized carbons (Fsp3) is 0.0417. The third kappa shape index (κ3) is 5.20. The van der Waals surface area contributed by atoms with Crippen LogP contribution in [0.2, 0.25) is 0 Å². The maximum absolute atomic E-state index is 12.3. The maximum Gasteiger partial charge on any atom is 0.352 e. The lowest BCUT2D eigenvalue weighted by Gasteiger charge is -2.10. The Labute approximate surface area is 173 Å². The Bertz CT molecular complexity index is 1120. The van der Waals surface area contributed by atoms with Gasteiger partial charge in [0.1, 0.15) is 11.4 Å². The number of benzene rings is 3. The number of nitrogens with one attached hydrogen (secondary N) is 1. The predicted molar refractivity (Wildman–Crippen MR) is 113 cm³/mol. The number of amides is 1. The number of esters is 1. The van der Waals surface area contributed by atoms with Crippen LogP contribution in [0.3, 0.4) is 0 Å². The summed E-state index contributed by atoms with van der Waals surface area (Å²) in [5, 5.41) is 12.0. The molecule has 0 fully saturated rings. The fourth-order valence-electron chi connectivity index (χ4n) is 2.85. The van der Waals surface area contributed by atoms with Gasteiger partial charge in [0.2, 0.25) is 0 Å². The van der Waals surface area contributed by atoms with Crippen LogP contribution in [0.25, 0.3) is 17.2 Å². The lowest BCUT2D eigenvalue weighted by molar-refractivity contribution is -0.133. The second-order valence-electron chi connectivity index (χ2n) is 6.40. The van der Waals surface area contributed by atoms with E-state index >= 15 is 0 Å². The van der Waals surface area contributed by atoms with E-state index in [0.717, 1.165) is 5.56 Å². The summed E-state index contributed by atoms with van der Waals surface area (Å²) < 4.78 is 5.26. The van der Waals surface area contributed by atoms with Crippen molar-refractivity contribution < 1.29 is 24.2 Å². The van der Waals surface area contributed by atoms with E-state index in [-0.39, 0.29) is 5.70 Å². The molecule has 2 N–H and O–H groups in total. The molecular formula is C24H19NO5. The molecule has 0 spiro atoms. The molecule has 1 amide bonds. The minimum atomic E-state index is -1.26. The minimum absolute atomic E-state index is 0.255. The maximum atomic E-state index is 12.3. The van der Waals surface area contributed by atoms with E-state index in [1.165, 1.54) is 13.0 Å². The first-order valence-electron chi connectivity index (χ1n) is 9.13. The Morgan fingerprint density at radius 2 is 1.60 bits per heavy atom. The van der Waals surface area contributed by atoms with Crippen LogP contribution in [-0.4, -0.2) is 23.0 Å². The van der Waals surface area contributed by atoms with Crippen molar-refractivity contribution in [2.45, 2.75) is 6.92 Å². The van der Waals surface area contributed by atoms with Crippen LogP contribution in [0, 0.1) is 0 Å². The molecule has 0 radical (unpaired) electrons. The van der Waals surface area contributed by atoms with Crippen LogP contribution in [-0.2, 0) is 9.59 Å². The van der Waals surface area contributed by atoms with Gasteiger partial charge in [-0.2, -0.15) is 0 Å². The Balaban J connectivity index is 1.92. The molecule has 0 aliphatic rings. The average Bonchev–Trinajstić information content (AvgIpc) is 2.74. The predicted octanol–water partition coefficient (Wildman–Crippen LogP) is 4.13. The Morgan fingerprint density at radius 3 is 2.30 bits per heavy atom. The van der Waals surface area contributed by atoms with Crippen molar-refractivity contribution >= 4 is 23.9 Å². The molecule has 0 aromatic heterocycles. The number of para-hydroxylation sites is 1. The number of carbonyl (C=O) groups excluding carboxylic acids is 2. The zero-order valence-electron chi connectivity index (χ0n) is 16.2. The first-order chi connectivity index (χ1) is 14.4. The van der Waals surface area contributed by atoms with Gasteiger partial charge in [0.05, 0.1) is 0 Å². The van der Waals surface area contributed by atoms with Crippen molar-refractivity contribution in [3.63, 3.8) is 0 Å². The molecule has 0 aliphatic carbocycles. The average molecular weight is 401 g/mol. The minimum Gasteiger partial charge on any atom is -0.477 e. The van der Waals surface area contributed by atoms with Crippen LogP contribution in [0.5, 0.6) is 5.75 Å². The molecule has 30 heavy (non-hydrogen) atoms. The largest absolute Gasteiger partial charge is 0.477 e. The standard InChI is InChI=1S/C24H19NO5/c1-16(26)30-22-13-6-5-12-20(22)19-11-7-8-17(14-19)15-21(24(28)29)25-23(27)18-9-3-2-4-10-18/h2-15H,1H3,(H,25,27)(H,28,29). The fourth-order valence-corrected chi connectivity index (χ4v) is 2.85. The first kappa shape index (κ1) is 20.5. The smallest absolute Gasteiger partial charge is 0.352 e. The number of ether oxygens (including phenoxy) is 1. The van der Waals surface area contributed by atoms with Crippen LogP contribution in [0.1, 0.15) is 22.8 Å². The molecule has 0 atom stereocenters. The molecule has 0 saturated carbocycles. The molecule has 6 nitrogen and oxygen atoms in total. The third-order valence-electron chi connectivity index (χ3n) is 4.16. The van der Waals surface area contributed by atoms with Gasteiger partial charge in [0.15, 0.2) is 0 Å². The summed E-state index contributed by atoms with van der Waals surface area (Å²) in [6.45, 7) is 1.32. The monoisotopic (exact) mass is 401 g/mol. The van der Waals surface area contributed by atoms with E-state index in [4.69, 9.17) is 4.74 Å². The molecular weight excluding hydrogens is 382 g/mol. The summed E-state index contributed by atoms with van der Waals surface area (Å²) in [5.74, 6) is -1.80. The van der Waals surface area contributed by atoms with Crippen LogP contribution in [0.15, 0.2) is 84.6 Å². The number of carboxylic acid groups (broad SMARTS) is 1. The number of carboxylic acids is 1. The highest BCUT2D eigenvalue weighted by molar-refractivity contribution is 6.02. The van der Waals surface area contributed by atoms with Gasteiger partial charge in [-0.05, 0) is 41.5 Å². The summed E-state index contributed by atoms with van der Waals surface area (Å²) in [6.07, 6.45) is 1.38. The van der Waals surface area contributed by atoms with E-state index in [1.54, 1.807) is 66.7 Å². The summed E-state index contributed by atoms with van der Waals surface area (Å²) in [4.78, 5) is 35.3.